The molecular weight excluding hydrogens is 280 g/mol. The number of ether oxygens (including phenoxy) is 2. The fraction of sp³-hybridized carbons (Fsp3) is 0.357. The number of alkyl halides is 2. The molecule has 0 aliphatic rings. The highest BCUT2D eigenvalue weighted by Gasteiger charge is 2.12. The summed E-state index contributed by atoms with van der Waals surface area (Å²) in [5, 5.41) is 4.16. The molecule has 1 aromatic carbocycles. The molecule has 0 aliphatic carbocycles. The average Bonchev–Trinajstić information content (AvgIpc) is 2.73. The van der Waals surface area contributed by atoms with E-state index < -0.39 is 6.61 Å². The summed E-state index contributed by atoms with van der Waals surface area (Å²) in [5.74, 6) is 0.860. The van der Waals surface area contributed by atoms with Crippen molar-refractivity contribution in [2.45, 2.75) is 27.0 Å². The first-order valence-corrected chi connectivity index (χ1v) is 6.49. The summed E-state index contributed by atoms with van der Waals surface area (Å²) in [7, 11) is 0. The van der Waals surface area contributed by atoms with E-state index in [1.807, 2.05) is 6.92 Å². The van der Waals surface area contributed by atoms with Crippen molar-refractivity contribution in [3.8, 4) is 11.5 Å². The van der Waals surface area contributed by atoms with Gasteiger partial charge >= 0.3 is 6.61 Å². The SMILES string of the molecule is CCOc1cc(Cn2ncc(C)c2N)ccc1OC(F)F. The Labute approximate surface area is 121 Å². The van der Waals surface area contributed by atoms with E-state index in [4.69, 9.17) is 10.5 Å². The molecule has 5 nitrogen and oxygen atoms in total. The third-order valence-corrected chi connectivity index (χ3v) is 2.93. The van der Waals surface area contributed by atoms with Crippen LogP contribution in [0.1, 0.15) is 18.1 Å². The van der Waals surface area contributed by atoms with Crippen molar-refractivity contribution in [3.05, 3.63) is 35.5 Å². The number of aromatic nitrogens is 2. The first-order chi connectivity index (χ1) is 10.0. The van der Waals surface area contributed by atoms with Gasteiger partial charge < -0.3 is 15.2 Å². The van der Waals surface area contributed by atoms with Gasteiger partial charge in [-0.05, 0) is 31.5 Å². The molecule has 21 heavy (non-hydrogen) atoms. The number of rotatable bonds is 6. The van der Waals surface area contributed by atoms with Gasteiger partial charge in [0, 0.05) is 5.56 Å². The van der Waals surface area contributed by atoms with Crippen molar-refractivity contribution in [2.24, 2.45) is 0 Å². The molecule has 114 valence electrons. The van der Waals surface area contributed by atoms with E-state index in [1.165, 1.54) is 6.07 Å². The zero-order valence-corrected chi connectivity index (χ0v) is 11.8. The molecule has 0 bridgehead atoms. The summed E-state index contributed by atoms with van der Waals surface area (Å²) < 4.78 is 36.1. The molecule has 0 radical (unpaired) electrons. The largest absolute Gasteiger partial charge is 0.490 e. The maximum atomic E-state index is 12.3. The zero-order chi connectivity index (χ0) is 15.4. The van der Waals surface area contributed by atoms with Crippen LogP contribution in [0.15, 0.2) is 24.4 Å². The third kappa shape index (κ3) is 3.62. The molecule has 7 heteroatoms. The predicted molar refractivity (Wildman–Crippen MR) is 74.7 cm³/mol. The number of nitrogen functional groups attached to an aromatic ring is 1. The summed E-state index contributed by atoms with van der Waals surface area (Å²) in [5.41, 5.74) is 7.60. The Balaban J connectivity index is 2.24. The van der Waals surface area contributed by atoms with Crippen LogP contribution in [-0.4, -0.2) is 23.0 Å². The molecule has 0 amide bonds. The van der Waals surface area contributed by atoms with Crippen molar-refractivity contribution in [1.82, 2.24) is 9.78 Å². The van der Waals surface area contributed by atoms with E-state index in [1.54, 1.807) is 29.9 Å². The van der Waals surface area contributed by atoms with Crippen LogP contribution in [0.3, 0.4) is 0 Å². The number of aryl methyl sites for hydroxylation is 1. The monoisotopic (exact) mass is 297 g/mol. The molecule has 0 saturated heterocycles. The molecule has 1 aromatic heterocycles. The molecule has 2 rings (SSSR count). The van der Waals surface area contributed by atoms with Crippen LogP contribution in [0.5, 0.6) is 11.5 Å². The van der Waals surface area contributed by atoms with E-state index in [2.05, 4.69) is 9.84 Å². The molecule has 1 heterocycles. The van der Waals surface area contributed by atoms with Gasteiger partial charge in [-0.1, -0.05) is 6.07 Å². The Morgan fingerprint density at radius 2 is 2.10 bits per heavy atom. The van der Waals surface area contributed by atoms with E-state index in [9.17, 15) is 8.78 Å². The molecule has 2 N–H and O–H groups in total. The summed E-state index contributed by atoms with van der Waals surface area (Å²) in [6, 6.07) is 4.79. The van der Waals surface area contributed by atoms with Crippen molar-refractivity contribution >= 4 is 5.82 Å². The van der Waals surface area contributed by atoms with Crippen LogP contribution in [0.25, 0.3) is 0 Å². The molecule has 2 aromatic rings. The van der Waals surface area contributed by atoms with Crippen LogP contribution >= 0.6 is 0 Å². The number of nitrogens with zero attached hydrogens (tertiary/aromatic N) is 2. The summed E-state index contributed by atoms with van der Waals surface area (Å²) in [6.45, 7) is 1.53. The van der Waals surface area contributed by atoms with Crippen LogP contribution < -0.4 is 15.2 Å². The number of nitrogens with two attached hydrogens (primary N) is 1. The second-order valence-electron chi connectivity index (χ2n) is 4.46. The second kappa shape index (κ2) is 6.43. The summed E-state index contributed by atoms with van der Waals surface area (Å²) >= 11 is 0. The standard InChI is InChI=1S/C14H17F2N3O2/c1-3-20-12-6-10(4-5-11(12)21-14(15)16)8-19-13(17)9(2)7-18-19/h4-7,14H,3,8,17H2,1-2H3. The van der Waals surface area contributed by atoms with E-state index in [-0.39, 0.29) is 11.5 Å². The molecule has 0 atom stereocenters. The first kappa shape index (κ1) is 15.1. The van der Waals surface area contributed by atoms with E-state index in [0.717, 1.165) is 11.1 Å². The Morgan fingerprint density at radius 3 is 2.67 bits per heavy atom. The first-order valence-electron chi connectivity index (χ1n) is 6.49. The zero-order valence-electron chi connectivity index (χ0n) is 11.8. The maximum Gasteiger partial charge on any atom is 0.387 e. The van der Waals surface area contributed by atoms with E-state index >= 15 is 0 Å². The lowest BCUT2D eigenvalue weighted by molar-refractivity contribution is -0.0514. The molecule has 0 spiro atoms. The minimum absolute atomic E-state index is 0.0141. The van der Waals surface area contributed by atoms with Gasteiger partial charge in [0.2, 0.25) is 0 Å². The van der Waals surface area contributed by atoms with Gasteiger partial charge in [-0.25, -0.2) is 4.68 Å². The minimum Gasteiger partial charge on any atom is -0.490 e. The highest BCUT2D eigenvalue weighted by atomic mass is 19.3. The molecule has 0 fully saturated rings. The lowest BCUT2D eigenvalue weighted by Gasteiger charge is -2.13. The number of halogens is 2. The van der Waals surface area contributed by atoms with Crippen molar-refractivity contribution in [3.63, 3.8) is 0 Å². The fourth-order valence-electron chi connectivity index (χ4n) is 1.90. The average molecular weight is 297 g/mol. The lowest BCUT2D eigenvalue weighted by Crippen LogP contribution is -2.08. The highest BCUT2D eigenvalue weighted by Crippen LogP contribution is 2.30. The van der Waals surface area contributed by atoms with Crippen LogP contribution in [0.4, 0.5) is 14.6 Å². The van der Waals surface area contributed by atoms with Crippen molar-refractivity contribution < 1.29 is 18.3 Å². The number of benzene rings is 1. The summed E-state index contributed by atoms with van der Waals surface area (Å²) in [6.07, 6.45) is 1.67. The predicted octanol–water partition coefficient (Wildman–Crippen LogP) is 2.82. The van der Waals surface area contributed by atoms with Gasteiger partial charge in [0.1, 0.15) is 5.82 Å². The van der Waals surface area contributed by atoms with Gasteiger partial charge in [0.25, 0.3) is 0 Å². The number of anilines is 1. The second-order valence-corrected chi connectivity index (χ2v) is 4.46. The van der Waals surface area contributed by atoms with Crippen LogP contribution in [0.2, 0.25) is 0 Å². The van der Waals surface area contributed by atoms with Crippen LogP contribution in [-0.2, 0) is 6.54 Å². The number of hydrogen-bond donors (Lipinski definition) is 1. The molecule has 0 aliphatic heterocycles. The van der Waals surface area contributed by atoms with Crippen LogP contribution in [0, 0.1) is 6.92 Å². The Bertz CT molecular complexity index is 614. The lowest BCUT2D eigenvalue weighted by atomic mass is 10.2. The van der Waals surface area contributed by atoms with E-state index in [0.29, 0.717) is 19.0 Å². The third-order valence-electron chi connectivity index (χ3n) is 2.93. The molecular formula is C14H17F2N3O2. The van der Waals surface area contributed by atoms with Gasteiger partial charge in [-0.15, -0.1) is 0 Å². The summed E-state index contributed by atoms with van der Waals surface area (Å²) in [4.78, 5) is 0. The topological polar surface area (TPSA) is 62.3 Å². The minimum atomic E-state index is -2.89. The van der Waals surface area contributed by atoms with Gasteiger partial charge in [0.05, 0.1) is 19.3 Å². The van der Waals surface area contributed by atoms with Gasteiger partial charge in [-0.3, -0.25) is 0 Å². The molecule has 0 unspecified atom stereocenters. The normalized spacial score (nSPS) is 10.9. The smallest absolute Gasteiger partial charge is 0.387 e. The molecule has 0 saturated carbocycles. The maximum absolute atomic E-state index is 12.3. The van der Waals surface area contributed by atoms with Crippen molar-refractivity contribution in [2.75, 3.05) is 12.3 Å². The number of hydrogen-bond acceptors (Lipinski definition) is 4. The Hall–Kier alpha value is -2.31. The highest BCUT2D eigenvalue weighted by molar-refractivity contribution is 5.44. The van der Waals surface area contributed by atoms with Gasteiger partial charge in [-0.2, -0.15) is 13.9 Å². The quantitative estimate of drug-likeness (QED) is 0.890. The van der Waals surface area contributed by atoms with Gasteiger partial charge in [0.15, 0.2) is 11.5 Å². The fourth-order valence-corrected chi connectivity index (χ4v) is 1.90. The van der Waals surface area contributed by atoms with Crippen molar-refractivity contribution in [1.29, 1.82) is 0 Å². The Kier molecular flexibility index (Phi) is 4.62. The Morgan fingerprint density at radius 1 is 1.33 bits per heavy atom.